The van der Waals surface area contributed by atoms with Crippen molar-refractivity contribution in [1.82, 2.24) is 0 Å². The monoisotopic (exact) mass is 239 g/mol. The van der Waals surface area contributed by atoms with Crippen LogP contribution in [0.3, 0.4) is 0 Å². The number of rotatable bonds is 3. The second-order valence-electron chi connectivity index (χ2n) is 5.11. The fourth-order valence-corrected chi connectivity index (χ4v) is 2.36. The molecule has 0 heterocycles. The number of nitrogens with one attached hydrogen (secondary N) is 1. The van der Waals surface area contributed by atoms with Gasteiger partial charge in [-0.15, -0.1) is 0 Å². The number of benzene rings is 2. The van der Waals surface area contributed by atoms with Gasteiger partial charge in [0.15, 0.2) is 0 Å². The van der Waals surface area contributed by atoms with Gasteiger partial charge in [0, 0.05) is 12.2 Å². The second kappa shape index (κ2) is 5.26. The van der Waals surface area contributed by atoms with Crippen LogP contribution >= 0.6 is 0 Å². The summed E-state index contributed by atoms with van der Waals surface area (Å²) in [5.74, 6) is 0. The van der Waals surface area contributed by atoms with E-state index >= 15 is 0 Å². The third-order valence-electron chi connectivity index (χ3n) is 3.27. The minimum absolute atomic E-state index is 0.880. The number of hydrogen-bond donors (Lipinski definition) is 1. The molecule has 0 bridgehead atoms. The summed E-state index contributed by atoms with van der Waals surface area (Å²) in [6.45, 7) is 9.47. The van der Waals surface area contributed by atoms with Crippen LogP contribution in [0.5, 0.6) is 0 Å². The lowest BCUT2D eigenvalue weighted by Gasteiger charge is -2.14. The van der Waals surface area contributed by atoms with E-state index in [0.29, 0.717) is 0 Å². The maximum atomic E-state index is 3.54. The Kier molecular flexibility index (Phi) is 3.71. The van der Waals surface area contributed by atoms with Crippen LogP contribution in [0, 0.1) is 27.7 Å². The van der Waals surface area contributed by atoms with E-state index in [1.807, 2.05) is 0 Å². The Hall–Kier alpha value is -1.76. The van der Waals surface area contributed by atoms with Crippen LogP contribution in [-0.4, -0.2) is 0 Å². The van der Waals surface area contributed by atoms with Crippen LogP contribution in [0.15, 0.2) is 36.4 Å². The first-order chi connectivity index (χ1) is 8.56. The molecule has 0 saturated heterocycles. The molecule has 0 unspecified atom stereocenters. The molecule has 0 amide bonds. The van der Waals surface area contributed by atoms with E-state index in [2.05, 4.69) is 69.4 Å². The molecule has 2 rings (SSSR count). The molecule has 2 aromatic carbocycles. The van der Waals surface area contributed by atoms with E-state index in [4.69, 9.17) is 0 Å². The van der Waals surface area contributed by atoms with E-state index in [1.165, 1.54) is 33.5 Å². The quantitative estimate of drug-likeness (QED) is 0.829. The van der Waals surface area contributed by atoms with Crippen LogP contribution in [0.4, 0.5) is 5.69 Å². The van der Waals surface area contributed by atoms with Crippen molar-refractivity contribution >= 4 is 5.69 Å². The molecule has 0 aliphatic rings. The summed E-state index contributed by atoms with van der Waals surface area (Å²) >= 11 is 0. The topological polar surface area (TPSA) is 12.0 Å². The average Bonchev–Trinajstić information content (AvgIpc) is 2.30. The number of aryl methyl sites for hydroxylation is 4. The first-order valence-electron chi connectivity index (χ1n) is 6.43. The van der Waals surface area contributed by atoms with E-state index in [0.717, 1.165) is 6.54 Å². The fourth-order valence-electron chi connectivity index (χ4n) is 2.36. The highest BCUT2D eigenvalue weighted by Gasteiger charge is 2.03. The van der Waals surface area contributed by atoms with E-state index in [9.17, 15) is 0 Å². The normalized spacial score (nSPS) is 10.4. The fraction of sp³-hybridized carbons (Fsp3) is 0.294. The highest BCUT2D eigenvalue weighted by molar-refractivity contribution is 5.58. The minimum Gasteiger partial charge on any atom is -0.381 e. The Balaban J connectivity index is 2.13. The Morgan fingerprint density at radius 1 is 0.778 bits per heavy atom. The van der Waals surface area contributed by atoms with E-state index in [1.54, 1.807) is 0 Å². The van der Waals surface area contributed by atoms with Gasteiger partial charge < -0.3 is 5.32 Å². The zero-order valence-electron chi connectivity index (χ0n) is 11.7. The molecule has 1 N–H and O–H groups in total. The standard InChI is InChI=1S/C17H21N/c1-12-5-7-16(8-6-12)11-18-17-14(3)9-13(2)10-15(17)4/h5-10,18H,11H2,1-4H3. The molecular weight excluding hydrogens is 218 g/mol. The Bertz CT molecular complexity index is 515. The van der Waals surface area contributed by atoms with Crippen LogP contribution in [0.1, 0.15) is 27.8 Å². The molecule has 2 aromatic rings. The lowest BCUT2D eigenvalue weighted by atomic mass is 10.0. The Morgan fingerprint density at radius 3 is 1.89 bits per heavy atom. The third kappa shape index (κ3) is 2.92. The number of hydrogen-bond acceptors (Lipinski definition) is 1. The lowest BCUT2D eigenvalue weighted by Crippen LogP contribution is -2.03. The molecular formula is C17H21N. The molecule has 18 heavy (non-hydrogen) atoms. The molecule has 0 aliphatic heterocycles. The Morgan fingerprint density at radius 2 is 1.33 bits per heavy atom. The van der Waals surface area contributed by atoms with Gasteiger partial charge in [-0.2, -0.15) is 0 Å². The van der Waals surface area contributed by atoms with Gasteiger partial charge in [-0.1, -0.05) is 47.5 Å². The maximum Gasteiger partial charge on any atom is 0.0402 e. The highest BCUT2D eigenvalue weighted by atomic mass is 14.9. The molecule has 0 aromatic heterocycles. The second-order valence-corrected chi connectivity index (χ2v) is 5.11. The van der Waals surface area contributed by atoms with E-state index < -0.39 is 0 Å². The van der Waals surface area contributed by atoms with Gasteiger partial charge in [-0.3, -0.25) is 0 Å². The SMILES string of the molecule is Cc1ccc(CNc2c(C)cc(C)cc2C)cc1. The summed E-state index contributed by atoms with van der Waals surface area (Å²) in [5, 5.41) is 3.54. The largest absolute Gasteiger partial charge is 0.381 e. The van der Waals surface area contributed by atoms with Crippen molar-refractivity contribution in [2.45, 2.75) is 34.2 Å². The van der Waals surface area contributed by atoms with Gasteiger partial charge in [0.1, 0.15) is 0 Å². The molecule has 0 atom stereocenters. The minimum atomic E-state index is 0.880. The zero-order chi connectivity index (χ0) is 13.1. The van der Waals surface area contributed by atoms with Crippen molar-refractivity contribution in [2.75, 3.05) is 5.32 Å². The van der Waals surface area contributed by atoms with Crippen LogP contribution < -0.4 is 5.32 Å². The van der Waals surface area contributed by atoms with Gasteiger partial charge >= 0.3 is 0 Å². The van der Waals surface area contributed by atoms with Crippen molar-refractivity contribution in [3.05, 3.63) is 64.2 Å². The highest BCUT2D eigenvalue weighted by Crippen LogP contribution is 2.22. The molecule has 0 radical (unpaired) electrons. The predicted octanol–water partition coefficient (Wildman–Crippen LogP) is 4.53. The molecule has 0 fully saturated rings. The van der Waals surface area contributed by atoms with Crippen molar-refractivity contribution in [3.8, 4) is 0 Å². The van der Waals surface area contributed by atoms with Gasteiger partial charge in [0.25, 0.3) is 0 Å². The molecule has 1 nitrogen and oxygen atoms in total. The molecule has 1 heteroatoms. The summed E-state index contributed by atoms with van der Waals surface area (Å²) < 4.78 is 0. The van der Waals surface area contributed by atoms with Crippen molar-refractivity contribution in [3.63, 3.8) is 0 Å². The van der Waals surface area contributed by atoms with E-state index in [-0.39, 0.29) is 0 Å². The van der Waals surface area contributed by atoms with Crippen molar-refractivity contribution in [1.29, 1.82) is 0 Å². The predicted molar refractivity (Wildman–Crippen MR) is 79.2 cm³/mol. The summed E-state index contributed by atoms with van der Waals surface area (Å²) in [6.07, 6.45) is 0. The lowest BCUT2D eigenvalue weighted by molar-refractivity contribution is 1.12. The maximum absolute atomic E-state index is 3.54. The van der Waals surface area contributed by atoms with Crippen LogP contribution in [-0.2, 0) is 6.54 Å². The van der Waals surface area contributed by atoms with Crippen LogP contribution in [0.25, 0.3) is 0 Å². The van der Waals surface area contributed by atoms with Gasteiger partial charge in [0.05, 0.1) is 0 Å². The summed E-state index contributed by atoms with van der Waals surface area (Å²) in [6, 6.07) is 13.1. The third-order valence-corrected chi connectivity index (χ3v) is 3.27. The zero-order valence-corrected chi connectivity index (χ0v) is 11.7. The first-order valence-corrected chi connectivity index (χ1v) is 6.43. The van der Waals surface area contributed by atoms with Crippen LogP contribution in [0.2, 0.25) is 0 Å². The van der Waals surface area contributed by atoms with Crippen molar-refractivity contribution < 1.29 is 0 Å². The first kappa shape index (κ1) is 12.7. The number of anilines is 1. The van der Waals surface area contributed by atoms with Gasteiger partial charge in [0.2, 0.25) is 0 Å². The van der Waals surface area contributed by atoms with Gasteiger partial charge in [-0.25, -0.2) is 0 Å². The summed E-state index contributed by atoms with van der Waals surface area (Å²) in [5.41, 5.74) is 7.85. The van der Waals surface area contributed by atoms with Gasteiger partial charge in [-0.05, 0) is 44.4 Å². The molecule has 0 spiro atoms. The molecule has 0 saturated carbocycles. The van der Waals surface area contributed by atoms with Crippen molar-refractivity contribution in [2.24, 2.45) is 0 Å². The summed E-state index contributed by atoms with van der Waals surface area (Å²) in [4.78, 5) is 0. The summed E-state index contributed by atoms with van der Waals surface area (Å²) in [7, 11) is 0. The average molecular weight is 239 g/mol. The Labute approximate surface area is 110 Å². The smallest absolute Gasteiger partial charge is 0.0402 e. The molecule has 94 valence electrons. The molecule has 0 aliphatic carbocycles.